The van der Waals surface area contributed by atoms with E-state index in [9.17, 15) is 4.79 Å². The molecular weight excluding hydrogens is 468 g/mol. The van der Waals surface area contributed by atoms with Crippen molar-refractivity contribution in [3.05, 3.63) is 6.92 Å². The van der Waals surface area contributed by atoms with Crippen LogP contribution in [0.2, 0.25) is 0 Å². The van der Waals surface area contributed by atoms with E-state index in [4.69, 9.17) is 49.5 Å². The summed E-state index contributed by atoms with van der Waals surface area (Å²) in [4.78, 5) is 52.2. The number of carboxylic acid groups (broad SMARTS) is 5. The summed E-state index contributed by atoms with van der Waals surface area (Å²) >= 11 is 0. The minimum atomic E-state index is -1.08. The minimum Gasteiger partial charge on any atom is -0.483 e. The molecule has 0 aromatic rings. The summed E-state index contributed by atoms with van der Waals surface area (Å²) in [5, 5.41) is 34.9. The summed E-state index contributed by atoms with van der Waals surface area (Å²) in [7, 11) is 0. The van der Waals surface area contributed by atoms with Crippen LogP contribution in [0.3, 0.4) is 0 Å². The Labute approximate surface area is 208 Å². The van der Waals surface area contributed by atoms with Gasteiger partial charge in [-0.05, 0) is 6.42 Å². The summed E-state index contributed by atoms with van der Waals surface area (Å²) in [5.74, 6) is -1.08. The highest BCUT2D eigenvalue weighted by atomic mass is 16.5. The molecule has 0 saturated carbocycles. The van der Waals surface area contributed by atoms with Gasteiger partial charge in [-0.2, -0.15) is 0 Å². The molecule has 12 heteroatoms. The van der Waals surface area contributed by atoms with Crippen LogP contribution in [-0.4, -0.2) is 70.5 Å². The molecule has 0 amide bonds. The number of carbonyl (C=O) groups excluding carboxylic acids is 1. The van der Waals surface area contributed by atoms with Crippen LogP contribution in [0.15, 0.2) is 0 Å². The predicted octanol–water partition coefficient (Wildman–Crippen LogP) is 4.35. The van der Waals surface area contributed by atoms with Gasteiger partial charge in [0.15, 0.2) is 0 Å². The number of hydrogen-bond acceptors (Lipinski definition) is 7. The van der Waals surface area contributed by atoms with Gasteiger partial charge in [0, 0.05) is 0 Å². The molecule has 35 heavy (non-hydrogen) atoms. The van der Waals surface area contributed by atoms with E-state index in [1.165, 1.54) is 83.5 Å². The van der Waals surface area contributed by atoms with E-state index in [1.807, 2.05) is 0 Å². The van der Waals surface area contributed by atoms with Gasteiger partial charge in [-0.3, -0.25) is 28.8 Å². The monoisotopic (exact) mass is 513 g/mol. The zero-order valence-electron chi connectivity index (χ0n) is 20.8. The molecule has 0 fully saturated rings. The second-order valence-electron chi connectivity index (χ2n) is 6.38. The van der Waals surface area contributed by atoms with Gasteiger partial charge in [0.1, 0.15) is 0 Å². The van der Waals surface area contributed by atoms with Crippen LogP contribution in [0.5, 0.6) is 0 Å². The van der Waals surface area contributed by atoms with E-state index < -0.39 is 5.97 Å². The zero-order chi connectivity index (χ0) is 28.4. The molecule has 209 valence electrons. The summed E-state index contributed by atoms with van der Waals surface area (Å²) in [6, 6.07) is 0. The van der Waals surface area contributed by atoms with E-state index in [0.717, 1.165) is 6.42 Å². The number of carbonyl (C=O) groups is 6. The van der Waals surface area contributed by atoms with Crippen LogP contribution in [0.25, 0.3) is 0 Å². The third kappa shape index (κ3) is 156. The Morgan fingerprint density at radius 2 is 0.800 bits per heavy atom. The van der Waals surface area contributed by atoms with Crippen molar-refractivity contribution < 1.29 is 59.0 Å². The van der Waals surface area contributed by atoms with Crippen molar-refractivity contribution in [3.8, 4) is 0 Å². The first kappa shape index (κ1) is 45.3. The van der Waals surface area contributed by atoms with Gasteiger partial charge in [-0.15, -0.1) is 0 Å². The molecule has 1 radical (unpaired) electrons. The number of hydrogen-bond donors (Lipinski definition) is 5. The molecular formula is C23H45O12. The van der Waals surface area contributed by atoms with Gasteiger partial charge in [-0.25, -0.2) is 0 Å². The third-order valence-corrected chi connectivity index (χ3v) is 3.68. The van der Waals surface area contributed by atoms with E-state index in [2.05, 4.69) is 18.6 Å². The van der Waals surface area contributed by atoms with Crippen molar-refractivity contribution >= 4 is 38.3 Å². The Balaban J connectivity index is -0.000000107. The van der Waals surface area contributed by atoms with E-state index in [-0.39, 0.29) is 25.9 Å². The number of carboxylic acids is 1. The largest absolute Gasteiger partial charge is 0.483 e. The van der Waals surface area contributed by atoms with Crippen molar-refractivity contribution in [2.24, 2.45) is 0 Å². The summed E-state index contributed by atoms with van der Waals surface area (Å²) in [5.41, 5.74) is 0. The van der Waals surface area contributed by atoms with Gasteiger partial charge in [0.2, 0.25) is 0 Å². The summed E-state index contributed by atoms with van der Waals surface area (Å²) < 4.78 is 4.66. The maximum absolute atomic E-state index is 9.92. The molecule has 0 unspecified atom stereocenters. The first-order valence-corrected chi connectivity index (χ1v) is 11.2. The van der Waals surface area contributed by atoms with Crippen LogP contribution in [0.1, 0.15) is 96.8 Å². The lowest BCUT2D eigenvalue weighted by Crippen LogP contribution is -1.91. The van der Waals surface area contributed by atoms with Gasteiger partial charge in [0.25, 0.3) is 32.4 Å². The minimum absolute atomic E-state index is 0.250. The molecule has 12 nitrogen and oxygen atoms in total. The van der Waals surface area contributed by atoms with Crippen LogP contribution in [0, 0.1) is 6.92 Å². The van der Waals surface area contributed by atoms with Crippen molar-refractivity contribution in [3.63, 3.8) is 0 Å². The van der Waals surface area contributed by atoms with Crippen molar-refractivity contribution in [1.82, 2.24) is 0 Å². The molecule has 0 spiro atoms. The molecule has 0 bridgehead atoms. The number of aliphatic carboxylic acids is 1. The molecule has 0 aliphatic carbocycles. The van der Waals surface area contributed by atoms with E-state index in [1.54, 1.807) is 0 Å². The number of ether oxygens (including phenoxy) is 1. The molecule has 0 aromatic heterocycles. The Kier molecular flexibility index (Phi) is 81.9. The van der Waals surface area contributed by atoms with Crippen molar-refractivity contribution in [2.45, 2.75) is 96.8 Å². The normalized spacial score (nSPS) is 7.83. The molecule has 0 aliphatic rings. The lowest BCUT2D eigenvalue weighted by Gasteiger charge is -2.03. The first-order chi connectivity index (χ1) is 16.8. The van der Waals surface area contributed by atoms with Gasteiger partial charge >= 0.3 is 5.97 Å². The third-order valence-electron chi connectivity index (χ3n) is 3.68. The maximum Gasteiger partial charge on any atom is 0.303 e. The quantitative estimate of drug-likeness (QED) is 0.144. The Bertz CT molecular complexity index is 376. The van der Waals surface area contributed by atoms with Crippen LogP contribution in [-0.2, 0) is 33.5 Å². The predicted molar refractivity (Wildman–Crippen MR) is 130 cm³/mol. The van der Waals surface area contributed by atoms with E-state index in [0.29, 0.717) is 13.1 Å². The Morgan fingerprint density at radius 1 is 0.600 bits per heavy atom. The summed E-state index contributed by atoms with van der Waals surface area (Å²) in [6.45, 7) is 4.97. The van der Waals surface area contributed by atoms with Crippen LogP contribution >= 0.6 is 0 Å². The van der Waals surface area contributed by atoms with Crippen molar-refractivity contribution in [1.29, 1.82) is 0 Å². The average Bonchev–Trinajstić information content (AvgIpc) is 2.78. The topological polar surface area (TPSA) is 213 Å². The van der Waals surface area contributed by atoms with Gasteiger partial charge in [-0.1, -0.05) is 90.4 Å². The molecule has 0 atom stereocenters. The standard InChI is InChI=1S/C17H34O2.C2H3O2.4CH2O2/c1-2-3-4-5-6-7-8-9-10-11-12-13-14-15-16-19-17-18;1-2(3)4;4*2-1-3/h17H,2-16H2,1H3;1H2,(H,3,4);4*1H,(H,2,3). The molecule has 0 aliphatic heterocycles. The van der Waals surface area contributed by atoms with Crippen LogP contribution in [0.4, 0.5) is 0 Å². The Morgan fingerprint density at radius 3 is 1.00 bits per heavy atom. The lowest BCUT2D eigenvalue weighted by atomic mass is 10.0. The first-order valence-electron chi connectivity index (χ1n) is 11.2. The highest BCUT2D eigenvalue weighted by molar-refractivity contribution is 5.71. The highest BCUT2D eigenvalue weighted by Crippen LogP contribution is 2.12. The molecule has 5 N–H and O–H groups in total. The molecule has 0 saturated heterocycles. The SMILES string of the molecule is CCCCCCCCCCCCCCCCOC=O.O=CO.O=CO.O=CO.O=CO.[CH2]C(=O)O. The van der Waals surface area contributed by atoms with Gasteiger partial charge in [0.05, 0.1) is 13.5 Å². The zero-order valence-corrected chi connectivity index (χ0v) is 20.8. The lowest BCUT2D eigenvalue weighted by molar-refractivity contribution is -0.132. The van der Waals surface area contributed by atoms with Crippen LogP contribution < -0.4 is 0 Å². The molecule has 0 rings (SSSR count). The highest BCUT2D eigenvalue weighted by Gasteiger charge is 1.94. The average molecular weight is 514 g/mol. The smallest absolute Gasteiger partial charge is 0.303 e. The Hall–Kier alpha value is -3.18. The van der Waals surface area contributed by atoms with Crippen molar-refractivity contribution in [2.75, 3.05) is 6.61 Å². The maximum atomic E-state index is 9.92. The number of rotatable bonds is 16. The van der Waals surface area contributed by atoms with Gasteiger partial charge < -0.3 is 30.3 Å². The second-order valence-corrected chi connectivity index (χ2v) is 6.38. The number of unbranched alkanes of at least 4 members (excludes halogenated alkanes) is 13. The summed E-state index contributed by atoms with van der Waals surface area (Å²) in [6.07, 6.45) is 19.0. The fourth-order valence-corrected chi connectivity index (χ4v) is 2.43. The fourth-order valence-electron chi connectivity index (χ4n) is 2.43. The van der Waals surface area contributed by atoms with E-state index >= 15 is 0 Å². The molecule has 0 aromatic carbocycles. The molecule has 0 heterocycles. The fraction of sp³-hybridized carbons (Fsp3) is 0.696. The second kappa shape index (κ2) is 63.2.